The fourth-order valence-electron chi connectivity index (χ4n) is 11.7. The van der Waals surface area contributed by atoms with Crippen molar-refractivity contribution in [2.24, 2.45) is 23.7 Å². The van der Waals surface area contributed by atoms with Gasteiger partial charge < -0.3 is 33.8 Å². The minimum atomic E-state index is -4.96. The van der Waals surface area contributed by atoms with Crippen LogP contribution in [0.2, 0.25) is 0 Å². The first kappa shape index (κ1) is 94.1. The van der Waals surface area contributed by atoms with Gasteiger partial charge in [0.1, 0.15) is 19.3 Å². The second-order valence-electron chi connectivity index (χ2n) is 29.4. The van der Waals surface area contributed by atoms with Crippen LogP contribution in [-0.2, 0) is 65.4 Å². The van der Waals surface area contributed by atoms with Crippen LogP contribution in [0.15, 0.2) is 0 Å². The summed E-state index contributed by atoms with van der Waals surface area (Å²) in [6.45, 7) is 14.2. The lowest BCUT2D eigenvalue weighted by Crippen LogP contribution is -2.30. The molecule has 3 N–H and O–H groups in total. The van der Waals surface area contributed by atoms with Gasteiger partial charge in [-0.1, -0.05) is 338 Å². The molecule has 0 aromatic carbocycles. The molecule has 17 nitrogen and oxygen atoms in total. The number of unbranched alkanes of at least 4 members (excludes halogenated alkanes) is 39. The molecule has 4 unspecified atom stereocenters. The normalized spacial score (nSPS) is 14.4. The number of aliphatic hydroxyl groups is 1. The van der Waals surface area contributed by atoms with Crippen LogP contribution < -0.4 is 0 Å². The van der Waals surface area contributed by atoms with Gasteiger partial charge in [0.2, 0.25) is 0 Å². The van der Waals surface area contributed by atoms with Gasteiger partial charge in [0.25, 0.3) is 0 Å². The van der Waals surface area contributed by atoms with Gasteiger partial charge in [-0.05, 0) is 49.4 Å². The molecule has 0 fully saturated rings. The van der Waals surface area contributed by atoms with Crippen molar-refractivity contribution in [3.05, 3.63) is 0 Å². The second-order valence-corrected chi connectivity index (χ2v) is 32.3. The second kappa shape index (κ2) is 66.3. The number of phosphoric acid groups is 2. The van der Waals surface area contributed by atoms with Crippen LogP contribution in [0.3, 0.4) is 0 Å². The first-order valence-electron chi connectivity index (χ1n) is 39.7. The van der Waals surface area contributed by atoms with Gasteiger partial charge in [-0.2, -0.15) is 0 Å². The topological polar surface area (TPSA) is 237 Å². The van der Waals surface area contributed by atoms with E-state index in [2.05, 4.69) is 55.4 Å². The maximum Gasteiger partial charge on any atom is 0.472 e. The summed E-state index contributed by atoms with van der Waals surface area (Å²) < 4.78 is 68.6. The highest BCUT2D eigenvalue weighted by molar-refractivity contribution is 7.47. The molecule has 0 aromatic rings. The number of phosphoric ester groups is 2. The van der Waals surface area contributed by atoms with Crippen LogP contribution in [0.5, 0.6) is 0 Å². The highest BCUT2D eigenvalue weighted by Gasteiger charge is 2.30. The molecule has 96 heavy (non-hydrogen) atoms. The van der Waals surface area contributed by atoms with Crippen molar-refractivity contribution in [3.63, 3.8) is 0 Å². The van der Waals surface area contributed by atoms with Crippen molar-refractivity contribution < 1.29 is 80.2 Å². The Hall–Kier alpha value is -1.94. The number of aliphatic hydroxyl groups excluding tert-OH is 1. The smallest absolute Gasteiger partial charge is 0.462 e. The van der Waals surface area contributed by atoms with Crippen molar-refractivity contribution in [2.75, 3.05) is 39.6 Å². The summed E-state index contributed by atoms with van der Waals surface area (Å²) in [4.78, 5) is 72.9. The van der Waals surface area contributed by atoms with Gasteiger partial charge in [-0.15, -0.1) is 0 Å². The van der Waals surface area contributed by atoms with E-state index < -0.39 is 97.5 Å². The van der Waals surface area contributed by atoms with E-state index in [0.29, 0.717) is 31.6 Å². The van der Waals surface area contributed by atoms with E-state index >= 15 is 0 Å². The molecule has 570 valence electrons. The molecule has 0 aliphatic carbocycles. The van der Waals surface area contributed by atoms with Crippen LogP contribution in [-0.4, -0.2) is 96.7 Å². The summed E-state index contributed by atoms with van der Waals surface area (Å²) >= 11 is 0. The Balaban J connectivity index is 5.24. The Kier molecular flexibility index (Phi) is 65.0. The number of ether oxygens (including phenoxy) is 4. The third-order valence-corrected chi connectivity index (χ3v) is 20.1. The standard InChI is InChI=1S/C77H150O17P2/c1-9-70(8)56-48-40-32-26-27-33-41-49-57-74(79)87-63-72(93-76(81)59-51-43-34-24-20-16-12-10-14-18-22-29-37-45-53-67(2)3)65-91-95(83,84)89-61-71(78)62-90-96(85,86)92-66-73(64-88-75(80)58-50-42-36-28-31-39-47-55-69(6)7)94-77(82)60-52-44-35-25-21-17-13-11-15-19-23-30-38-46-54-68(4)5/h67-73,78H,9-66H2,1-8H3,(H,83,84)(H,85,86)/t70?,71?,72-,73-/m1/s1. The SMILES string of the molecule is CCC(C)CCCCCCCCCCC(=O)OC[C@H](COP(=O)(O)OCC(O)COP(=O)(O)OC[C@@H](COC(=O)CCCCCCCCCC(C)C)OC(=O)CCCCCCCCCCCCCCCCC(C)C)OC(=O)CCCCCCCCCCCCCCCCC(C)C. The van der Waals surface area contributed by atoms with E-state index in [-0.39, 0.29) is 25.7 Å². The molecular weight excluding hydrogens is 1260 g/mol. The fourth-order valence-corrected chi connectivity index (χ4v) is 13.3. The van der Waals surface area contributed by atoms with E-state index in [9.17, 15) is 43.2 Å². The summed E-state index contributed by atoms with van der Waals surface area (Å²) in [7, 11) is -9.92. The summed E-state index contributed by atoms with van der Waals surface area (Å²) in [6, 6.07) is 0. The highest BCUT2D eigenvalue weighted by Crippen LogP contribution is 2.45. The van der Waals surface area contributed by atoms with Crippen LogP contribution in [0, 0.1) is 23.7 Å². The lowest BCUT2D eigenvalue weighted by molar-refractivity contribution is -0.161. The molecule has 0 bridgehead atoms. The summed E-state index contributed by atoms with van der Waals surface area (Å²) in [5, 5.41) is 10.6. The molecule has 0 spiro atoms. The van der Waals surface area contributed by atoms with Crippen molar-refractivity contribution in [1.82, 2.24) is 0 Å². The maximum absolute atomic E-state index is 13.1. The molecule has 0 saturated heterocycles. The third kappa shape index (κ3) is 69.2. The van der Waals surface area contributed by atoms with E-state index in [0.717, 1.165) is 114 Å². The van der Waals surface area contributed by atoms with E-state index in [1.807, 2.05) is 0 Å². The van der Waals surface area contributed by atoms with E-state index in [4.69, 9.17) is 37.0 Å². The minimum absolute atomic E-state index is 0.106. The van der Waals surface area contributed by atoms with Gasteiger partial charge in [-0.25, -0.2) is 9.13 Å². The molecule has 0 aromatic heterocycles. The molecular formula is C77H150O17P2. The van der Waals surface area contributed by atoms with Crippen molar-refractivity contribution >= 4 is 39.5 Å². The fraction of sp³-hybridized carbons (Fsp3) is 0.948. The molecule has 0 amide bonds. The van der Waals surface area contributed by atoms with Crippen LogP contribution in [0.4, 0.5) is 0 Å². The maximum atomic E-state index is 13.1. The average molecular weight is 1410 g/mol. The van der Waals surface area contributed by atoms with Gasteiger partial charge in [0.05, 0.1) is 26.4 Å². The molecule has 19 heteroatoms. The molecule has 0 rings (SSSR count). The van der Waals surface area contributed by atoms with E-state index in [1.165, 1.54) is 186 Å². The Morgan fingerprint density at radius 1 is 0.292 bits per heavy atom. The number of rotatable bonds is 74. The molecule has 0 aliphatic rings. The Bertz CT molecular complexity index is 1890. The molecule has 0 saturated carbocycles. The molecule has 0 heterocycles. The van der Waals surface area contributed by atoms with Gasteiger partial charge in [-0.3, -0.25) is 37.3 Å². The largest absolute Gasteiger partial charge is 0.472 e. The summed E-state index contributed by atoms with van der Waals surface area (Å²) in [5.41, 5.74) is 0. The average Bonchev–Trinajstić information content (AvgIpc) is 1.51. The molecule has 0 radical (unpaired) electrons. The van der Waals surface area contributed by atoms with Crippen LogP contribution >= 0.6 is 15.6 Å². The first-order valence-corrected chi connectivity index (χ1v) is 42.7. The third-order valence-electron chi connectivity index (χ3n) is 18.2. The monoisotopic (exact) mass is 1410 g/mol. The predicted molar refractivity (Wildman–Crippen MR) is 391 cm³/mol. The lowest BCUT2D eigenvalue weighted by Gasteiger charge is -2.21. The van der Waals surface area contributed by atoms with Crippen LogP contribution in [0.1, 0.15) is 389 Å². The number of carbonyl (C=O) groups is 4. The van der Waals surface area contributed by atoms with E-state index in [1.54, 1.807) is 0 Å². The number of esters is 4. The zero-order valence-electron chi connectivity index (χ0n) is 63.0. The Labute approximate surface area is 588 Å². The number of hydrogen-bond donors (Lipinski definition) is 3. The highest BCUT2D eigenvalue weighted by atomic mass is 31.2. The van der Waals surface area contributed by atoms with Crippen molar-refractivity contribution in [1.29, 1.82) is 0 Å². The molecule has 6 atom stereocenters. The predicted octanol–water partition coefficient (Wildman–Crippen LogP) is 22.4. The zero-order chi connectivity index (χ0) is 71.0. The van der Waals surface area contributed by atoms with Crippen LogP contribution in [0.25, 0.3) is 0 Å². The Morgan fingerprint density at radius 3 is 0.740 bits per heavy atom. The summed E-state index contributed by atoms with van der Waals surface area (Å²) in [6.07, 6.45) is 51.3. The quantitative estimate of drug-likeness (QED) is 0.0222. The zero-order valence-corrected chi connectivity index (χ0v) is 64.8. The molecule has 0 aliphatic heterocycles. The van der Waals surface area contributed by atoms with Crippen molar-refractivity contribution in [3.8, 4) is 0 Å². The summed E-state index contributed by atoms with van der Waals surface area (Å²) in [5.74, 6) is 0.953. The minimum Gasteiger partial charge on any atom is -0.462 e. The number of carbonyl (C=O) groups excluding carboxylic acids is 4. The van der Waals surface area contributed by atoms with Gasteiger partial charge >= 0.3 is 39.5 Å². The Morgan fingerprint density at radius 2 is 0.500 bits per heavy atom. The van der Waals surface area contributed by atoms with Crippen molar-refractivity contribution in [2.45, 2.75) is 408 Å². The first-order chi connectivity index (χ1) is 46.1. The van der Waals surface area contributed by atoms with Gasteiger partial charge in [0, 0.05) is 25.7 Å². The van der Waals surface area contributed by atoms with Gasteiger partial charge in [0.15, 0.2) is 12.2 Å². The number of hydrogen-bond acceptors (Lipinski definition) is 15. The lowest BCUT2D eigenvalue weighted by atomic mass is 9.99.